The molecule has 0 fully saturated rings. The summed E-state index contributed by atoms with van der Waals surface area (Å²) in [6.45, 7) is 4.13. The standard InChI is InChI=1S/C10H13N3/c1-8(2)6-13-10-3-4-12-7-9(10)5-11/h3-8,11H,1-2H3. The third-order valence-electron chi connectivity index (χ3n) is 1.50. The van der Waals surface area contributed by atoms with E-state index in [0.29, 0.717) is 5.92 Å². The highest BCUT2D eigenvalue weighted by Gasteiger charge is 1.95. The van der Waals surface area contributed by atoms with E-state index in [9.17, 15) is 0 Å². The number of hydrogen-bond acceptors (Lipinski definition) is 3. The third kappa shape index (κ3) is 2.78. The van der Waals surface area contributed by atoms with Gasteiger partial charge in [-0.3, -0.25) is 9.98 Å². The van der Waals surface area contributed by atoms with Gasteiger partial charge in [-0.15, -0.1) is 0 Å². The molecule has 3 nitrogen and oxygen atoms in total. The second kappa shape index (κ2) is 4.50. The Hall–Kier alpha value is -1.51. The van der Waals surface area contributed by atoms with Gasteiger partial charge in [-0.1, -0.05) is 13.8 Å². The Morgan fingerprint density at radius 3 is 2.92 bits per heavy atom. The summed E-state index contributed by atoms with van der Waals surface area (Å²) < 4.78 is 0. The van der Waals surface area contributed by atoms with Crippen LogP contribution in [-0.4, -0.2) is 17.4 Å². The van der Waals surface area contributed by atoms with Crippen LogP contribution in [0.3, 0.4) is 0 Å². The Labute approximate surface area is 78.1 Å². The van der Waals surface area contributed by atoms with Crippen LogP contribution in [0, 0.1) is 11.3 Å². The molecule has 13 heavy (non-hydrogen) atoms. The Kier molecular flexibility index (Phi) is 3.31. The summed E-state index contributed by atoms with van der Waals surface area (Å²) in [6, 6.07) is 1.80. The molecular formula is C10H13N3. The first kappa shape index (κ1) is 9.58. The molecule has 0 atom stereocenters. The molecule has 1 heterocycles. The van der Waals surface area contributed by atoms with Gasteiger partial charge in [-0.2, -0.15) is 0 Å². The molecule has 0 unspecified atom stereocenters. The average Bonchev–Trinajstić information content (AvgIpc) is 2.15. The largest absolute Gasteiger partial charge is 0.308 e. The first-order chi connectivity index (χ1) is 6.24. The second-order valence-electron chi connectivity index (χ2n) is 3.10. The van der Waals surface area contributed by atoms with Crippen molar-refractivity contribution < 1.29 is 0 Å². The van der Waals surface area contributed by atoms with Gasteiger partial charge in [-0.05, 0) is 12.0 Å². The van der Waals surface area contributed by atoms with Gasteiger partial charge in [0.2, 0.25) is 0 Å². The predicted octanol–water partition coefficient (Wildman–Crippen LogP) is 2.44. The molecule has 0 aliphatic heterocycles. The number of nitrogens with one attached hydrogen (secondary N) is 1. The molecule has 0 bridgehead atoms. The van der Waals surface area contributed by atoms with E-state index in [-0.39, 0.29) is 0 Å². The highest BCUT2D eigenvalue weighted by molar-refractivity contribution is 5.85. The van der Waals surface area contributed by atoms with Crippen molar-refractivity contribution >= 4 is 18.1 Å². The number of rotatable bonds is 3. The summed E-state index contributed by atoms with van der Waals surface area (Å²) in [5.74, 6) is 0.423. The lowest BCUT2D eigenvalue weighted by Crippen LogP contribution is -1.88. The lowest BCUT2D eigenvalue weighted by Gasteiger charge is -1.98. The van der Waals surface area contributed by atoms with E-state index < -0.39 is 0 Å². The predicted molar refractivity (Wildman–Crippen MR) is 55.1 cm³/mol. The van der Waals surface area contributed by atoms with Crippen LogP contribution in [0.25, 0.3) is 0 Å². The number of aliphatic imine (C=N–C) groups is 1. The zero-order valence-corrected chi connectivity index (χ0v) is 7.86. The normalized spacial score (nSPS) is 11.0. The van der Waals surface area contributed by atoms with Gasteiger partial charge >= 0.3 is 0 Å². The molecule has 0 aliphatic carbocycles. The number of nitrogens with zero attached hydrogens (tertiary/aromatic N) is 2. The zero-order chi connectivity index (χ0) is 9.68. The summed E-state index contributed by atoms with van der Waals surface area (Å²) in [5.41, 5.74) is 1.55. The van der Waals surface area contributed by atoms with E-state index in [0.717, 1.165) is 11.3 Å². The van der Waals surface area contributed by atoms with E-state index in [1.807, 2.05) is 6.21 Å². The van der Waals surface area contributed by atoms with Crippen molar-refractivity contribution in [3.8, 4) is 0 Å². The molecule has 0 aromatic carbocycles. The van der Waals surface area contributed by atoms with Crippen LogP contribution in [0.1, 0.15) is 19.4 Å². The summed E-state index contributed by atoms with van der Waals surface area (Å²) in [7, 11) is 0. The van der Waals surface area contributed by atoms with Crippen molar-refractivity contribution in [3.05, 3.63) is 24.0 Å². The quantitative estimate of drug-likeness (QED) is 0.705. The molecule has 3 heteroatoms. The Bertz CT molecular complexity index is 316. The van der Waals surface area contributed by atoms with Crippen LogP contribution in [0.4, 0.5) is 5.69 Å². The Morgan fingerprint density at radius 1 is 1.54 bits per heavy atom. The monoisotopic (exact) mass is 175 g/mol. The molecule has 0 saturated carbocycles. The van der Waals surface area contributed by atoms with E-state index in [4.69, 9.17) is 5.41 Å². The van der Waals surface area contributed by atoms with Gasteiger partial charge in [-0.25, -0.2) is 0 Å². The summed E-state index contributed by atoms with van der Waals surface area (Å²) in [6.07, 6.45) is 6.45. The number of pyridine rings is 1. The van der Waals surface area contributed by atoms with Crippen molar-refractivity contribution in [2.75, 3.05) is 0 Å². The van der Waals surface area contributed by atoms with Crippen molar-refractivity contribution in [1.29, 1.82) is 5.41 Å². The maximum atomic E-state index is 7.13. The summed E-state index contributed by atoms with van der Waals surface area (Å²) >= 11 is 0. The van der Waals surface area contributed by atoms with Crippen LogP contribution < -0.4 is 0 Å². The highest BCUT2D eigenvalue weighted by Crippen LogP contribution is 2.14. The minimum absolute atomic E-state index is 0.423. The highest BCUT2D eigenvalue weighted by atomic mass is 14.7. The van der Waals surface area contributed by atoms with Crippen LogP contribution in [0.15, 0.2) is 23.5 Å². The molecule has 0 radical (unpaired) electrons. The van der Waals surface area contributed by atoms with Crippen LogP contribution in [0.5, 0.6) is 0 Å². The number of hydrogen-bond donors (Lipinski definition) is 1. The smallest absolute Gasteiger partial charge is 0.0744 e. The summed E-state index contributed by atoms with van der Waals surface area (Å²) in [5, 5.41) is 7.13. The van der Waals surface area contributed by atoms with E-state index in [1.165, 1.54) is 6.21 Å². The topological polar surface area (TPSA) is 49.1 Å². The van der Waals surface area contributed by atoms with Gasteiger partial charge in [0.25, 0.3) is 0 Å². The Morgan fingerprint density at radius 2 is 2.31 bits per heavy atom. The third-order valence-corrected chi connectivity index (χ3v) is 1.50. The van der Waals surface area contributed by atoms with Crippen molar-refractivity contribution in [3.63, 3.8) is 0 Å². The van der Waals surface area contributed by atoms with E-state index in [2.05, 4.69) is 23.8 Å². The molecule has 0 aliphatic rings. The SMILES string of the molecule is CC(C)C=Nc1ccncc1C=N. The van der Waals surface area contributed by atoms with Gasteiger partial charge in [0, 0.05) is 30.4 Å². The molecule has 0 saturated heterocycles. The molecule has 0 spiro atoms. The fourth-order valence-corrected chi connectivity index (χ4v) is 0.857. The number of aromatic nitrogens is 1. The maximum Gasteiger partial charge on any atom is 0.0744 e. The molecular weight excluding hydrogens is 162 g/mol. The van der Waals surface area contributed by atoms with E-state index >= 15 is 0 Å². The fraction of sp³-hybridized carbons (Fsp3) is 0.300. The summed E-state index contributed by atoms with van der Waals surface area (Å²) in [4.78, 5) is 8.18. The van der Waals surface area contributed by atoms with Gasteiger partial charge < -0.3 is 5.41 Å². The molecule has 0 amide bonds. The minimum atomic E-state index is 0.423. The molecule has 1 aromatic rings. The fourth-order valence-electron chi connectivity index (χ4n) is 0.857. The first-order valence-corrected chi connectivity index (χ1v) is 4.22. The molecule has 68 valence electrons. The van der Waals surface area contributed by atoms with Crippen molar-refractivity contribution in [2.45, 2.75) is 13.8 Å². The van der Waals surface area contributed by atoms with E-state index in [1.54, 1.807) is 18.5 Å². The zero-order valence-electron chi connectivity index (χ0n) is 7.86. The second-order valence-corrected chi connectivity index (χ2v) is 3.10. The van der Waals surface area contributed by atoms with Gasteiger partial charge in [0.15, 0.2) is 0 Å². The van der Waals surface area contributed by atoms with Crippen molar-refractivity contribution in [2.24, 2.45) is 10.9 Å². The first-order valence-electron chi connectivity index (χ1n) is 4.22. The lowest BCUT2D eigenvalue weighted by molar-refractivity contribution is 0.907. The van der Waals surface area contributed by atoms with Crippen LogP contribution in [0.2, 0.25) is 0 Å². The van der Waals surface area contributed by atoms with Crippen LogP contribution >= 0.6 is 0 Å². The molecule has 1 N–H and O–H groups in total. The van der Waals surface area contributed by atoms with Crippen molar-refractivity contribution in [1.82, 2.24) is 4.98 Å². The molecule has 1 aromatic heterocycles. The van der Waals surface area contributed by atoms with Gasteiger partial charge in [0.05, 0.1) is 5.69 Å². The average molecular weight is 175 g/mol. The van der Waals surface area contributed by atoms with Crippen LogP contribution in [-0.2, 0) is 0 Å². The maximum absolute atomic E-state index is 7.13. The molecule has 1 rings (SSSR count). The van der Waals surface area contributed by atoms with Gasteiger partial charge in [0.1, 0.15) is 0 Å². The minimum Gasteiger partial charge on any atom is -0.308 e. The lowest BCUT2D eigenvalue weighted by atomic mass is 10.2. The Balaban J connectivity index is 2.93.